The predicted molar refractivity (Wildman–Crippen MR) is 79.3 cm³/mol. The van der Waals surface area contributed by atoms with Gasteiger partial charge in [-0.25, -0.2) is 0 Å². The molecule has 0 amide bonds. The smallest absolute Gasteiger partial charge is 0.123 e. The Kier molecular flexibility index (Phi) is 6.67. The Labute approximate surface area is 116 Å². The second-order valence-corrected chi connectivity index (χ2v) is 4.94. The van der Waals surface area contributed by atoms with Crippen LogP contribution in [0.4, 0.5) is 5.69 Å². The summed E-state index contributed by atoms with van der Waals surface area (Å²) in [6.45, 7) is 8.82. The van der Waals surface area contributed by atoms with Crippen LogP contribution in [0.3, 0.4) is 0 Å². The highest BCUT2D eigenvalue weighted by Gasteiger charge is 2.13. The molecule has 4 heteroatoms. The number of aliphatic hydroxyl groups excluding tert-OH is 1. The Morgan fingerprint density at radius 1 is 1.37 bits per heavy atom. The second-order valence-electron chi connectivity index (χ2n) is 4.94. The molecule has 1 aromatic carbocycles. The van der Waals surface area contributed by atoms with Gasteiger partial charge < -0.3 is 15.6 Å². The highest BCUT2D eigenvalue weighted by atomic mass is 16.5. The maximum atomic E-state index is 8.97. The van der Waals surface area contributed by atoms with Gasteiger partial charge in [0.25, 0.3) is 0 Å². The molecule has 0 unspecified atom stereocenters. The van der Waals surface area contributed by atoms with Crippen molar-refractivity contribution in [1.29, 1.82) is 0 Å². The Balaban J connectivity index is 2.84. The van der Waals surface area contributed by atoms with E-state index in [4.69, 9.17) is 15.6 Å². The van der Waals surface area contributed by atoms with Crippen LogP contribution in [-0.4, -0.2) is 35.8 Å². The zero-order chi connectivity index (χ0) is 14.3. The predicted octanol–water partition coefficient (Wildman–Crippen LogP) is 2.26. The number of aliphatic hydroxyl groups is 1. The Hall–Kier alpha value is -1.26. The quantitative estimate of drug-likeness (QED) is 0.709. The van der Waals surface area contributed by atoms with Gasteiger partial charge in [-0.15, -0.1) is 0 Å². The first-order valence-electron chi connectivity index (χ1n) is 6.94. The van der Waals surface area contributed by atoms with Crippen molar-refractivity contribution in [2.24, 2.45) is 0 Å². The van der Waals surface area contributed by atoms with Gasteiger partial charge in [-0.3, -0.25) is 4.90 Å². The third kappa shape index (κ3) is 5.09. The third-order valence-corrected chi connectivity index (χ3v) is 3.09. The molecule has 3 N–H and O–H groups in total. The molecule has 4 nitrogen and oxygen atoms in total. The molecule has 0 atom stereocenters. The van der Waals surface area contributed by atoms with Crippen LogP contribution in [0.15, 0.2) is 18.2 Å². The molecule has 1 aromatic rings. The minimum Gasteiger partial charge on any atom is -0.494 e. The first-order chi connectivity index (χ1) is 9.08. The molecule has 0 saturated carbocycles. The third-order valence-electron chi connectivity index (χ3n) is 3.09. The van der Waals surface area contributed by atoms with Crippen LogP contribution in [0.2, 0.25) is 0 Å². The van der Waals surface area contributed by atoms with E-state index in [0.717, 1.165) is 36.5 Å². The monoisotopic (exact) mass is 266 g/mol. The number of nitrogens with zero attached hydrogens (tertiary/aromatic N) is 1. The zero-order valence-electron chi connectivity index (χ0n) is 12.2. The van der Waals surface area contributed by atoms with Crippen molar-refractivity contribution in [2.45, 2.75) is 39.8 Å². The molecule has 19 heavy (non-hydrogen) atoms. The summed E-state index contributed by atoms with van der Waals surface area (Å²) >= 11 is 0. The number of nitrogens with two attached hydrogens (primary N) is 1. The summed E-state index contributed by atoms with van der Waals surface area (Å²) in [5.41, 5.74) is 7.72. The van der Waals surface area contributed by atoms with Gasteiger partial charge in [-0.05, 0) is 45.4 Å². The van der Waals surface area contributed by atoms with Crippen LogP contribution < -0.4 is 10.5 Å². The number of nitrogen functional groups attached to an aromatic ring is 1. The summed E-state index contributed by atoms with van der Waals surface area (Å²) in [5, 5.41) is 8.97. The van der Waals surface area contributed by atoms with Crippen LogP contribution in [-0.2, 0) is 6.54 Å². The SMILES string of the molecule is CCOc1ccc(N)cc1CN(CCCO)C(C)C. The summed E-state index contributed by atoms with van der Waals surface area (Å²) < 4.78 is 5.65. The van der Waals surface area contributed by atoms with E-state index in [9.17, 15) is 0 Å². The lowest BCUT2D eigenvalue weighted by molar-refractivity contribution is 0.182. The summed E-state index contributed by atoms with van der Waals surface area (Å²) in [7, 11) is 0. The van der Waals surface area contributed by atoms with Gasteiger partial charge in [-0.2, -0.15) is 0 Å². The van der Waals surface area contributed by atoms with Crippen LogP contribution in [0.25, 0.3) is 0 Å². The number of hydrogen-bond acceptors (Lipinski definition) is 4. The van der Waals surface area contributed by atoms with E-state index in [1.807, 2.05) is 25.1 Å². The molecule has 0 radical (unpaired) electrons. The van der Waals surface area contributed by atoms with Gasteiger partial charge in [0.1, 0.15) is 5.75 Å². The molecular formula is C15H26N2O2. The van der Waals surface area contributed by atoms with Gasteiger partial charge in [0.05, 0.1) is 6.61 Å². The molecule has 0 saturated heterocycles. The molecule has 0 fully saturated rings. The van der Waals surface area contributed by atoms with Gasteiger partial charge in [-0.1, -0.05) is 0 Å². The van der Waals surface area contributed by atoms with Crippen LogP contribution in [0, 0.1) is 0 Å². The fraction of sp³-hybridized carbons (Fsp3) is 0.600. The van der Waals surface area contributed by atoms with Crippen LogP contribution in [0.1, 0.15) is 32.8 Å². The first-order valence-corrected chi connectivity index (χ1v) is 6.94. The van der Waals surface area contributed by atoms with E-state index in [0.29, 0.717) is 12.6 Å². The standard InChI is InChI=1S/C15H26N2O2/c1-4-19-15-7-6-14(16)10-13(15)11-17(12(2)3)8-5-9-18/h6-7,10,12,18H,4-5,8-9,11,16H2,1-3H3. The number of hydrogen-bond donors (Lipinski definition) is 2. The fourth-order valence-electron chi connectivity index (χ4n) is 2.03. The lowest BCUT2D eigenvalue weighted by Gasteiger charge is -2.27. The maximum Gasteiger partial charge on any atom is 0.123 e. The van der Waals surface area contributed by atoms with Crippen molar-refractivity contribution in [3.05, 3.63) is 23.8 Å². The molecule has 0 bridgehead atoms. The molecule has 0 aliphatic rings. The molecule has 0 heterocycles. The average molecular weight is 266 g/mol. The second kappa shape index (κ2) is 8.02. The van der Waals surface area contributed by atoms with Crippen molar-refractivity contribution < 1.29 is 9.84 Å². The van der Waals surface area contributed by atoms with Crippen molar-refractivity contribution in [2.75, 3.05) is 25.5 Å². The number of anilines is 1. The van der Waals surface area contributed by atoms with E-state index in [1.165, 1.54) is 0 Å². The fourth-order valence-corrected chi connectivity index (χ4v) is 2.03. The summed E-state index contributed by atoms with van der Waals surface area (Å²) in [6.07, 6.45) is 0.782. The lowest BCUT2D eigenvalue weighted by atomic mass is 10.1. The molecule has 0 aromatic heterocycles. The van der Waals surface area contributed by atoms with E-state index in [-0.39, 0.29) is 6.61 Å². The van der Waals surface area contributed by atoms with Gasteiger partial charge in [0.2, 0.25) is 0 Å². The summed E-state index contributed by atoms with van der Waals surface area (Å²) in [4.78, 5) is 2.31. The maximum absolute atomic E-state index is 8.97. The zero-order valence-corrected chi connectivity index (χ0v) is 12.2. The molecular weight excluding hydrogens is 240 g/mol. The normalized spacial score (nSPS) is 11.3. The highest BCUT2D eigenvalue weighted by Crippen LogP contribution is 2.24. The minimum absolute atomic E-state index is 0.221. The topological polar surface area (TPSA) is 58.7 Å². The molecule has 0 aliphatic heterocycles. The number of benzene rings is 1. The van der Waals surface area contributed by atoms with Crippen molar-refractivity contribution in [3.63, 3.8) is 0 Å². The van der Waals surface area contributed by atoms with Gasteiger partial charge >= 0.3 is 0 Å². The largest absolute Gasteiger partial charge is 0.494 e. The van der Waals surface area contributed by atoms with E-state index in [1.54, 1.807) is 0 Å². The van der Waals surface area contributed by atoms with Crippen molar-refractivity contribution in [3.8, 4) is 5.75 Å². The first kappa shape index (κ1) is 15.8. The molecule has 0 aliphatic carbocycles. The minimum atomic E-state index is 0.221. The van der Waals surface area contributed by atoms with Gasteiger partial charge in [0, 0.05) is 37.0 Å². The highest BCUT2D eigenvalue weighted by molar-refractivity contribution is 5.47. The molecule has 0 spiro atoms. The van der Waals surface area contributed by atoms with Gasteiger partial charge in [0.15, 0.2) is 0 Å². The lowest BCUT2D eigenvalue weighted by Crippen LogP contribution is -2.32. The van der Waals surface area contributed by atoms with E-state index >= 15 is 0 Å². The Morgan fingerprint density at radius 3 is 2.68 bits per heavy atom. The van der Waals surface area contributed by atoms with Crippen molar-refractivity contribution >= 4 is 5.69 Å². The Morgan fingerprint density at radius 2 is 2.11 bits per heavy atom. The van der Waals surface area contributed by atoms with E-state index in [2.05, 4.69) is 18.7 Å². The van der Waals surface area contributed by atoms with Crippen LogP contribution in [0.5, 0.6) is 5.75 Å². The molecule has 108 valence electrons. The number of ether oxygens (including phenoxy) is 1. The summed E-state index contributed by atoms with van der Waals surface area (Å²) in [5.74, 6) is 0.895. The number of rotatable bonds is 8. The average Bonchev–Trinajstić information content (AvgIpc) is 2.37. The van der Waals surface area contributed by atoms with Crippen molar-refractivity contribution in [1.82, 2.24) is 4.90 Å². The molecule has 1 rings (SSSR count). The summed E-state index contributed by atoms with van der Waals surface area (Å²) in [6, 6.07) is 6.18. The van der Waals surface area contributed by atoms with E-state index < -0.39 is 0 Å². The Bertz CT molecular complexity index is 380. The van der Waals surface area contributed by atoms with Crippen LogP contribution >= 0.6 is 0 Å².